The van der Waals surface area contributed by atoms with Crippen molar-refractivity contribution < 1.29 is 13.2 Å². The van der Waals surface area contributed by atoms with E-state index in [-0.39, 0.29) is 22.2 Å². The molecular weight excluding hydrogens is 466 g/mol. The lowest BCUT2D eigenvalue weighted by atomic mass is 10.0. The summed E-state index contributed by atoms with van der Waals surface area (Å²) in [7, 11) is -3.69. The number of hydrogen-bond acceptors (Lipinski definition) is 6. The lowest BCUT2D eigenvalue weighted by Crippen LogP contribution is -2.37. The van der Waals surface area contributed by atoms with E-state index >= 15 is 0 Å². The third-order valence-corrected chi connectivity index (χ3v) is 8.83. The van der Waals surface area contributed by atoms with Gasteiger partial charge in [0.05, 0.1) is 22.8 Å². The summed E-state index contributed by atoms with van der Waals surface area (Å²) in [5, 5.41) is 4.74. The van der Waals surface area contributed by atoms with Crippen LogP contribution in [-0.4, -0.2) is 52.0 Å². The first-order valence-electron chi connectivity index (χ1n) is 12.5. The normalized spacial score (nSPS) is 15.8. The molecule has 1 aliphatic rings. The maximum Gasteiger partial charge on any atom is 0.277 e. The van der Waals surface area contributed by atoms with Crippen molar-refractivity contribution >= 4 is 15.5 Å². The van der Waals surface area contributed by atoms with Crippen molar-refractivity contribution in [2.24, 2.45) is 5.92 Å². The summed E-state index contributed by atoms with van der Waals surface area (Å²) in [4.78, 5) is 20.8. The quantitative estimate of drug-likeness (QED) is 0.497. The van der Waals surface area contributed by atoms with E-state index in [4.69, 9.17) is 9.84 Å². The molecule has 190 valence electrons. The summed E-state index contributed by atoms with van der Waals surface area (Å²) >= 11 is 0. The molecule has 1 aromatic carbocycles. The van der Waals surface area contributed by atoms with Gasteiger partial charge >= 0.3 is 0 Å². The SMILES string of the molecule is CCOc1ccc(S(=O)(=O)N2CCC(C)CC2)cc1-c1nn2c(C(CC)CC)nc(C)c2c(=O)[nH]1. The summed E-state index contributed by atoms with van der Waals surface area (Å²) in [6.45, 7) is 11.4. The lowest BCUT2D eigenvalue weighted by molar-refractivity contribution is 0.288. The minimum atomic E-state index is -3.69. The van der Waals surface area contributed by atoms with Gasteiger partial charge in [-0.1, -0.05) is 20.8 Å². The highest BCUT2D eigenvalue weighted by molar-refractivity contribution is 7.89. The van der Waals surface area contributed by atoms with Crippen molar-refractivity contribution in [3.05, 3.63) is 40.1 Å². The molecule has 9 nitrogen and oxygen atoms in total. The molecule has 0 bridgehead atoms. The van der Waals surface area contributed by atoms with Gasteiger partial charge in [-0.2, -0.15) is 4.31 Å². The number of fused-ring (bicyclic) bond motifs is 1. The second kappa shape index (κ2) is 10.1. The Hall–Kier alpha value is -2.72. The molecule has 4 rings (SSSR count). The number of nitrogens with one attached hydrogen (secondary N) is 1. The molecule has 0 amide bonds. The number of aromatic nitrogens is 4. The topological polar surface area (TPSA) is 110 Å². The van der Waals surface area contributed by atoms with Gasteiger partial charge in [0.1, 0.15) is 11.6 Å². The molecule has 3 heterocycles. The highest BCUT2D eigenvalue weighted by Gasteiger charge is 2.29. The van der Waals surface area contributed by atoms with Gasteiger partial charge in [0, 0.05) is 19.0 Å². The van der Waals surface area contributed by atoms with Crippen molar-refractivity contribution in [3.8, 4) is 17.1 Å². The zero-order chi connectivity index (χ0) is 25.3. The van der Waals surface area contributed by atoms with E-state index in [9.17, 15) is 13.2 Å². The minimum Gasteiger partial charge on any atom is -0.493 e. The predicted octanol–water partition coefficient (Wildman–Crippen LogP) is 4.12. The number of hydrogen-bond donors (Lipinski definition) is 1. The molecule has 0 unspecified atom stereocenters. The molecule has 0 saturated carbocycles. The van der Waals surface area contributed by atoms with Crippen LogP contribution in [0, 0.1) is 12.8 Å². The van der Waals surface area contributed by atoms with Crippen LogP contribution in [-0.2, 0) is 10.0 Å². The Bertz CT molecular complexity index is 1370. The zero-order valence-corrected chi connectivity index (χ0v) is 22.0. The van der Waals surface area contributed by atoms with E-state index in [0.29, 0.717) is 48.1 Å². The molecule has 1 saturated heterocycles. The number of aryl methyl sites for hydroxylation is 1. The summed E-state index contributed by atoms with van der Waals surface area (Å²) in [5.74, 6) is 2.11. The highest BCUT2D eigenvalue weighted by atomic mass is 32.2. The van der Waals surface area contributed by atoms with Crippen molar-refractivity contribution in [1.82, 2.24) is 23.9 Å². The van der Waals surface area contributed by atoms with Gasteiger partial charge in [-0.25, -0.2) is 17.9 Å². The third kappa shape index (κ3) is 4.73. The van der Waals surface area contributed by atoms with Gasteiger partial charge in [0.25, 0.3) is 5.56 Å². The van der Waals surface area contributed by atoms with Gasteiger partial charge in [0.15, 0.2) is 11.3 Å². The zero-order valence-electron chi connectivity index (χ0n) is 21.2. The molecule has 35 heavy (non-hydrogen) atoms. The van der Waals surface area contributed by atoms with Crippen LogP contribution in [0.25, 0.3) is 16.9 Å². The Morgan fingerprint density at radius 2 is 1.86 bits per heavy atom. The molecule has 0 aliphatic carbocycles. The van der Waals surface area contributed by atoms with Gasteiger partial charge in [0.2, 0.25) is 10.0 Å². The average molecular weight is 502 g/mol. The van der Waals surface area contributed by atoms with Crippen LogP contribution in [0.5, 0.6) is 5.75 Å². The first kappa shape index (κ1) is 25.4. The number of benzene rings is 1. The first-order chi connectivity index (χ1) is 16.7. The van der Waals surface area contributed by atoms with Crippen molar-refractivity contribution in [2.45, 2.75) is 71.1 Å². The number of nitrogens with zero attached hydrogens (tertiary/aromatic N) is 4. The molecule has 2 aromatic heterocycles. The largest absolute Gasteiger partial charge is 0.493 e. The maximum absolute atomic E-state index is 13.4. The third-order valence-electron chi connectivity index (χ3n) is 6.94. The second-order valence-corrected chi connectivity index (χ2v) is 11.2. The Labute approximate surface area is 206 Å². The van der Waals surface area contributed by atoms with Gasteiger partial charge in [-0.05, 0) is 63.6 Å². The fourth-order valence-electron chi connectivity index (χ4n) is 4.74. The fourth-order valence-corrected chi connectivity index (χ4v) is 6.24. The minimum absolute atomic E-state index is 0.151. The van der Waals surface area contributed by atoms with Crippen LogP contribution in [0.3, 0.4) is 0 Å². The predicted molar refractivity (Wildman–Crippen MR) is 135 cm³/mol. The first-order valence-corrected chi connectivity index (χ1v) is 13.9. The highest BCUT2D eigenvalue weighted by Crippen LogP contribution is 2.33. The van der Waals surface area contributed by atoms with Crippen LogP contribution in [0.1, 0.15) is 70.8 Å². The van der Waals surface area contributed by atoms with E-state index in [2.05, 4.69) is 30.7 Å². The summed E-state index contributed by atoms with van der Waals surface area (Å²) in [6, 6.07) is 4.77. The molecular formula is C25H35N5O4S. The van der Waals surface area contributed by atoms with E-state index in [0.717, 1.165) is 31.5 Å². The Balaban J connectivity index is 1.87. The van der Waals surface area contributed by atoms with Crippen LogP contribution in [0.2, 0.25) is 0 Å². The van der Waals surface area contributed by atoms with Gasteiger partial charge in [-0.15, -0.1) is 5.10 Å². The van der Waals surface area contributed by atoms with E-state index in [1.54, 1.807) is 29.6 Å². The number of imidazole rings is 1. The van der Waals surface area contributed by atoms with Crippen molar-refractivity contribution in [3.63, 3.8) is 0 Å². The molecule has 0 radical (unpaired) electrons. The fraction of sp³-hybridized carbons (Fsp3) is 0.560. The van der Waals surface area contributed by atoms with Crippen LogP contribution < -0.4 is 10.3 Å². The molecule has 3 aromatic rings. The van der Waals surface area contributed by atoms with Gasteiger partial charge in [-0.3, -0.25) is 4.79 Å². The number of piperidine rings is 1. The number of aromatic amines is 1. The van der Waals surface area contributed by atoms with Gasteiger partial charge < -0.3 is 9.72 Å². The van der Waals surface area contributed by atoms with Crippen LogP contribution in [0.4, 0.5) is 0 Å². The lowest BCUT2D eigenvalue weighted by Gasteiger charge is -2.29. The Morgan fingerprint density at radius 3 is 2.49 bits per heavy atom. The molecule has 0 atom stereocenters. The number of rotatable bonds is 8. The summed E-state index contributed by atoms with van der Waals surface area (Å²) < 4.78 is 35.8. The number of ether oxygens (including phenoxy) is 1. The second-order valence-electron chi connectivity index (χ2n) is 9.31. The maximum atomic E-state index is 13.4. The van der Waals surface area contributed by atoms with E-state index in [1.807, 2.05) is 6.92 Å². The van der Waals surface area contributed by atoms with E-state index < -0.39 is 10.0 Å². The van der Waals surface area contributed by atoms with Crippen molar-refractivity contribution in [2.75, 3.05) is 19.7 Å². The monoisotopic (exact) mass is 501 g/mol. The Morgan fingerprint density at radius 1 is 1.17 bits per heavy atom. The smallest absolute Gasteiger partial charge is 0.277 e. The standard InChI is InChI=1S/C25H35N5O4S/c1-6-18(7-2)24-26-17(5)22-25(31)27-23(28-30(22)24)20-15-19(9-10-21(20)34-8-3)35(32,33)29-13-11-16(4)12-14-29/h9-10,15-16,18H,6-8,11-14H2,1-5H3,(H,27,28,31). The van der Waals surface area contributed by atoms with Crippen LogP contribution >= 0.6 is 0 Å². The summed E-state index contributed by atoms with van der Waals surface area (Å²) in [5.41, 5.74) is 1.13. The van der Waals surface area contributed by atoms with E-state index in [1.165, 1.54) is 4.31 Å². The summed E-state index contributed by atoms with van der Waals surface area (Å²) in [6.07, 6.45) is 3.41. The number of H-pyrrole nitrogens is 1. The molecule has 1 fully saturated rings. The molecule has 1 N–H and O–H groups in total. The molecule has 1 aliphatic heterocycles. The number of sulfonamides is 1. The molecule has 10 heteroatoms. The van der Waals surface area contributed by atoms with Crippen molar-refractivity contribution in [1.29, 1.82) is 0 Å². The molecule has 0 spiro atoms. The van der Waals surface area contributed by atoms with Crippen LogP contribution in [0.15, 0.2) is 27.9 Å². The average Bonchev–Trinajstić information content (AvgIpc) is 3.17. The Kier molecular flexibility index (Phi) is 7.32.